The highest BCUT2D eigenvalue weighted by Gasteiger charge is 2.29. The van der Waals surface area contributed by atoms with Crippen LogP contribution in [0, 0.1) is 18.8 Å². The van der Waals surface area contributed by atoms with Crippen LogP contribution in [-0.4, -0.2) is 16.7 Å². The predicted octanol–water partition coefficient (Wildman–Crippen LogP) is 4.44. The summed E-state index contributed by atoms with van der Waals surface area (Å²) in [5.41, 5.74) is 0.672. The van der Waals surface area contributed by atoms with Gasteiger partial charge < -0.3 is 14.6 Å². The lowest BCUT2D eigenvalue weighted by Crippen LogP contribution is -2.04. The number of aromatic nitrogens is 2. The number of nitrogens with zero attached hydrogens (tertiary/aromatic N) is 2. The van der Waals surface area contributed by atoms with Crippen LogP contribution in [0.2, 0.25) is 0 Å². The molecule has 3 rings (SSSR count). The first-order valence-electron chi connectivity index (χ1n) is 8.32. The molecule has 0 spiro atoms. The number of hydrogen-bond donors (Lipinski definition) is 1. The third kappa shape index (κ3) is 5.51. The Hall–Kier alpha value is -3.47. The van der Waals surface area contributed by atoms with Gasteiger partial charge in [-0.1, -0.05) is 17.0 Å². The fourth-order valence-electron chi connectivity index (χ4n) is 2.25. The van der Waals surface area contributed by atoms with Crippen LogP contribution in [0.3, 0.4) is 0 Å². The zero-order chi connectivity index (χ0) is 20.0. The highest BCUT2D eigenvalue weighted by molar-refractivity contribution is 5.47. The summed E-state index contributed by atoms with van der Waals surface area (Å²) in [5.74, 6) is 7.29. The first kappa shape index (κ1) is 19.3. The summed E-state index contributed by atoms with van der Waals surface area (Å²) < 4.78 is 48.0. The molecule has 0 saturated carbocycles. The average molecular weight is 387 g/mol. The van der Waals surface area contributed by atoms with Gasteiger partial charge in [0.1, 0.15) is 5.75 Å². The molecular weight excluding hydrogens is 371 g/mol. The third-order valence-corrected chi connectivity index (χ3v) is 3.61. The number of nitrogens with one attached hydrogen (secondary N) is 1. The van der Waals surface area contributed by atoms with Crippen molar-refractivity contribution in [1.29, 1.82) is 0 Å². The number of alkyl halides is 3. The average Bonchev–Trinajstić information content (AvgIpc) is 3.09. The minimum Gasteiger partial charge on any atom is -0.484 e. The van der Waals surface area contributed by atoms with Crippen molar-refractivity contribution in [3.63, 3.8) is 0 Å². The van der Waals surface area contributed by atoms with E-state index in [1.165, 1.54) is 12.1 Å². The number of rotatable bonds is 5. The van der Waals surface area contributed by atoms with E-state index in [4.69, 9.17) is 9.26 Å². The topological polar surface area (TPSA) is 60.2 Å². The molecule has 1 N–H and O–H groups in total. The molecule has 0 aliphatic carbocycles. The van der Waals surface area contributed by atoms with E-state index in [1.54, 1.807) is 19.1 Å². The van der Waals surface area contributed by atoms with Crippen LogP contribution in [-0.2, 0) is 12.8 Å². The van der Waals surface area contributed by atoms with Gasteiger partial charge in [0.05, 0.1) is 12.1 Å². The SMILES string of the molecule is Cc1noc(COc2ccc(NCC#Cc3ccc(C(F)(F)F)cc3)cc2)n1. The maximum absolute atomic E-state index is 12.5. The summed E-state index contributed by atoms with van der Waals surface area (Å²) in [6.45, 7) is 2.27. The van der Waals surface area contributed by atoms with Crippen LogP contribution >= 0.6 is 0 Å². The highest BCUT2D eigenvalue weighted by Crippen LogP contribution is 2.28. The predicted molar refractivity (Wildman–Crippen MR) is 96.6 cm³/mol. The van der Waals surface area contributed by atoms with Gasteiger partial charge in [0.2, 0.25) is 0 Å². The van der Waals surface area contributed by atoms with Gasteiger partial charge in [-0.15, -0.1) is 0 Å². The summed E-state index contributed by atoms with van der Waals surface area (Å²) in [4.78, 5) is 4.05. The summed E-state index contributed by atoms with van der Waals surface area (Å²) in [6.07, 6.45) is -4.34. The number of ether oxygens (including phenoxy) is 1. The van der Waals surface area contributed by atoms with Gasteiger partial charge in [0, 0.05) is 11.3 Å². The molecule has 0 radical (unpaired) electrons. The van der Waals surface area contributed by atoms with E-state index >= 15 is 0 Å². The first-order chi connectivity index (χ1) is 13.4. The van der Waals surface area contributed by atoms with Crippen molar-refractivity contribution in [1.82, 2.24) is 10.1 Å². The lowest BCUT2D eigenvalue weighted by Gasteiger charge is -2.06. The summed E-state index contributed by atoms with van der Waals surface area (Å²) in [5, 5.41) is 6.79. The standard InChI is InChI=1S/C20H16F3N3O2/c1-14-25-19(28-26-14)13-27-18-10-8-17(9-11-18)24-12-2-3-15-4-6-16(7-5-15)20(21,22)23/h4-11,24H,12-13H2,1H3. The Bertz CT molecular complexity index is 969. The van der Waals surface area contributed by atoms with E-state index in [-0.39, 0.29) is 6.61 Å². The van der Waals surface area contributed by atoms with Gasteiger partial charge in [-0.05, 0) is 55.5 Å². The molecule has 0 aliphatic rings. The third-order valence-electron chi connectivity index (χ3n) is 3.61. The molecule has 0 amide bonds. The highest BCUT2D eigenvalue weighted by atomic mass is 19.4. The summed E-state index contributed by atoms with van der Waals surface area (Å²) in [7, 11) is 0. The monoisotopic (exact) mass is 387 g/mol. The second-order valence-electron chi connectivity index (χ2n) is 5.78. The Morgan fingerprint density at radius 2 is 1.79 bits per heavy atom. The maximum atomic E-state index is 12.5. The molecule has 1 aromatic heterocycles. The fraction of sp³-hybridized carbons (Fsp3) is 0.200. The molecule has 144 valence electrons. The second-order valence-corrected chi connectivity index (χ2v) is 5.78. The van der Waals surface area contributed by atoms with E-state index in [0.29, 0.717) is 29.6 Å². The van der Waals surface area contributed by atoms with Gasteiger partial charge in [0.15, 0.2) is 12.4 Å². The molecule has 0 atom stereocenters. The molecule has 3 aromatic rings. The Kier molecular flexibility index (Phi) is 5.84. The van der Waals surface area contributed by atoms with E-state index in [9.17, 15) is 13.2 Å². The summed E-state index contributed by atoms with van der Waals surface area (Å²) >= 11 is 0. The van der Waals surface area contributed by atoms with Crippen molar-refractivity contribution in [2.45, 2.75) is 19.7 Å². The molecular formula is C20H16F3N3O2. The molecule has 5 nitrogen and oxygen atoms in total. The molecule has 0 aliphatic heterocycles. The Morgan fingerprint density at radius 3 is 2.39 bits per heavy atom. The van der Waals surface area contributed by atoms with Gasteiger partial charge in [0.25, 0.3) is 5.89 Å². The van der Waals surface area contributed by atoms with Crippen LogP contribution < -0.4 is 10.1 Å². The number of anilines is 1. The van der Waals surface area contributed by atoms with E-state index in [2.05, 4.69) is 27.3 Å². The molecule has 0 fully saturated rings. The van der Waals surface area contributed by atoms with Gasteiger partial charge in [-0.25, -0.2) is 0 Å². The Morgan fingerprint density at radius 1 is 1.07 bits per heavy atom. The fourth-order valence-corrected chi connectivity index (χ4v) is 2.25. The zero-order valence-corrected chi connectivity index (χ0v) is 14.9. The van der Waals surface area contributed by atoms with Crippen molar-refractivity contribution in [2.75, 3.05) is 11.9 Å². The minimum atomic E-state index is -4.34. The first-order valence-corrected chi connectivity index (χ1v) is 8.32. The van der Waals surface area contributed by atoms with Crippen LogP contribution in [0.1, 0.15) is 22.8 Å². The van der Waals surface area contributed by atoms with Gasteiger partial charge in [-0.3, -0.25) is 0 Å². The minimum absolute atomic E-state index is 0.187. The van der Waals surface area contributed by atoms with E-state index in [1.807, 2.05) is 12.1 Å². The molecule has 0 saturated heterocycles. The molecule has 0 unspecified atom stereocenters. The van der Waals surface area contributed by atoms with Crippen molar-refractivity contribution >= 4 is 5.69 Å². The molecule has 1 heterocycles. The number of aryl methyl sites for hydroxylation is 1. The molecule has 8 heteroatoms. The van der Waals surface area contributed by atoms with Gasteiger partial charge >= 0.3 is 6.18 Å². The number of halogens is 3. The summed E-state index contributed by atoms with van der Waals surface area (Å²) in [6, 6.07) is 12.0. The van der Waals surface area contributed by atoms with Crippen LogP contribution in [0.25, 0.3) is 0 Å². The van der Waals surface area contributed by atoms with Crippen LogP contribution in [0.15, 0.2) is 53.1 Å². The number of benzene rings is 2. The van der Waals surface area contributed by atoms with Crippen molar-refractivity contribution in [2.24, 2.45) is 0 Å². The Labute approximate surface area is 159 Å². The second kappa shape index (κ2) is 8.48. The maximum Gasteiger partial charge on any atom is 0.416 e. The Balaban J connectivity index is 1.47. The van der Waals surface area contributed by atoms with Crippen molar-refractivity contribution < 1.29 is 22.4 Å². The van der Waals surface area contributed by atoms with Crippen molar-refractivity contribution in [3.8, 4) is 17.6 Å². The quantitative estimate of drug-likeness (QED) is 0.656. The largest absolute Gasteiger partial charge is 0.484 e. The molecule has 28 heavy (non-hydrogen) atoms. The van der Waals surface area contributed by atoms with E-state index in [0.717, 1.165) is 17.8 Å². The van der Waals surface area contributed by atoms with Crippen LogP contribution in [0.4, 0.5) is 18.9 Å². The van der Waals surface area contributed by atoms with Crippen LogP contribution in [0.5, 0.6) is 5.75 Å². The van der Waals surface area contributed by atoms with Crippen molar-refractivity contribution in [3.05, 3.63) is 71.4 Å². The molecule has 2 aromatic carbocycles. The molecule has 0 bridgehead atoms. The zero-order valence-electron chi connectivity index (χ0n) is 14.9. The van der Waals surface area contributed by atoms with Gasteiger partial charge in [-0.2, -0.15) is 18.2 Å². The smallest absolute Gasteiger partial charge is 0.416 e. The van der Waals surface area contributed by atoms with E-state index < -0.39 is 11.7 Å². The lowest BCUT2D eigenvalue weighted by molar-refractivity contribution is -0.137. The number of hydrogen-bond acceptors (Lipinski definition) is 5. The normalized spacial score (nSPS) is 10.9. The lowest BCUT2D eigenvalue weighted by atomic mass is 10.1.